The molecule has 2 aromatic rings. The highest BCUT2D eigenvalue weighted by molar-refractivity contribution is 9.11. The van der Waals surface area contributed by atoms with Crippen LogP contribution in [-0.2, 0) is 6.42 Å². The van der Waals surface area contributed by atoms with Gasteiger partial charge in [0.05, 0.1) is 3.79 Å². The Bertz CT molecular complexity index is 542. The highest BCUT2D eigenvalue weighted by Gasteiger charge is 2.10. The van der Waals surface area contributed by atoms with Gasteiger partial charge in [-0.2, -0.15) is 0 Å². The molecule has 1 aromatic heterocycles. The first-order valence-electron chi connectivity index (χ1n) is 5.09. The normalized spacial score (nSPS) is 10.5. The molecule has 0 saturated carbocycles. The Morgan fingerprint density at radius 1 is 1.35 bits per heavy atom. The lowest BCUT2D eigenvalue weighted by molar-refractivity contribution is 0.0993. The van der Waals surface area contributed by atoms with Gasteiger partial charge in [0.25, 0.3) is 0 Å². The maximum absolute atomic E-state index is 13.2. The molecule has 0 aliphatic carbocycles. The number of benzene rings is 1. The summed E-state index contributed by atoms with van der Waals surface area (Å²) in [6.07, 6.45) is 0.319. The first-order valence-corrected chi connectivity index (χ1v) is 6.70. The van der Waals surface area contributed by atoms with Gasteiger partial charge in [0.1, 0.15) is 5.82 Å². The zero-order valence-electron chi connectivity index (χ0n) is 9.17. The molecular weight excluding hydrogens is 303 g/mol. The molecular formula is C13H10BrFOS. The number of carbonyl (C=O) groups excluding carboxylic acids is 1. The Balaban J connectivity index is 2.19. The second-order valence-electron chi connectivity index (χ2n) is 3.82. The van der Waals surface area contributed by atoms with E-state index in [1.54, 1.807) is 13.0 Å². The highest BCUT2D eigenvalue weighted by atomic mass is 79.9. The highest BCUT2D eigenvalue weighted by Crippen LogP contribution is 2.23. The number of hydrogen-bond acceptors (Lipinski definition) is 2. The van der Waals surface area contributed by atoms with Crippen LogP contribution in [0.4, 0.5) is 4.39 Å². The SMILES string of the molecule is Cc1cc(F)cc(C(=O)Cc2ccc(Br)s2)c1. The van der Waals surface area contributed by atoms with Gasteiger partial charge >= 0.3 is 0 Å². The van der Waals surface area contributed by atoms with Gasteiger partial charge in [-0.05, 0) is 58.7 Å². The van der Waals surface area contributed by atoms with E-state index in [0.29, 0.717) is 12.0 Å². The zero-order chi connectivity index (χ0) is 12.4. The largest absolute Gasteiger partial charge is 0.294 e. The number of carbonyl (C=O) groups is 1. The Hall–Kier alpha value is -1.000. The number of hydrogen-bond donors (Lipinski definition) is 0. The van der Waals surface area contributed by atoms with Gasteiger partial charge in [-0.1, -0.05) is 0 Å². The van der Waals surface area contributed by atoms with Crippen molar-refractivity contribution in [2.24, 2.45) is 0 Å². The van der Waals surface area contributed by atoms with Crippen LogP contribution in [0.2, 0.25) is 0 Å². The van der Waals surface area contributed by atoms with Crippen LogP contribution in [0, 0.1) is 12.7 Å². The Morgan fingerprint density at radius 2 is 2.12 bits per heavy atom. The van der Waals surface area contributed by atoms with Crippen LogP contribution in [0.15, 0.2) is 34.1 Å². The van der Waals surface area contributed by atoms with Crippen LogP contribution in [0.3, 0.4) is 0 Å². The van der Waals surface area contributed by atoms with E-state index < -0.39 is 0 Å². The smallest absolute Gasteiger partial charge is 0.168 e. The van der Waals surface area contributed by atoms with Crippen molar-refractivity contribution in [3.63, 3.8) is 0 Å². The summed E-state index contributed by atoms with van der Waals surface area (Å²) in [5.74, 6) is -0.414. The lowest BCUT2D eigenvalue weighted by atomic mass is 10.0. The standard InChI is InChI=1S/C13H10BrFOS/c1-8-4-9(6-10(15)5-8)12(16)7-11-2-3-13(14)17-11/h2-6H,7H2,1H3. The molecule has 0 N–H and O–H groups in total. The number of ketones is 1. The second-order valence-corrected chi connectivity index (χ2v) is 6.37. The van der Waals surface area contributed by atoms with E-state index in [1.165, 1.54) is 23.5 Å². The molecule has 17 heavy (non-hydrogen) atoms. The van der Waals surface area contributed by atoms with Crippen molar-refractivity contribution in [1.82, 2.24) is 0 Å². The fourth-order valence-electron chi connectivity index (χ4n) is 1.60. The summed E-state index contributed by atoms with van der Waals surface area (Å²) in [5, 5.41) is 0. The minimum Gasteiger partial charge on any atom is -0.294 e. The van der Waals surface area contributed by atoms with Crippen LogP contribution < -0.4 is 0 Å². The molecule has 1 aromatic carbocycles. The van der Waals surface area contributed by atoms with E-state index >= 15 is 0 Å². The third-order valence-corrected chi connectivity index (χ3v) is 3.95. The maximum atomic E-state index is 13.2. The van der Waals surface area contributed by atoms with Crippen molar-refractivity contribution in [3.8, 4) is 0 Å². The molecule has 4 heteroatoms. The second kappa shape index (κ2) is 5.10. The van der Waals surface area contributed by atoms with E-state index in [1.807, 2.05) is 12.1 Å². The van der Waals surface area contributed by atoms with Crippen molar-refractivity contribution in [3.05, 3.63) is 55.9 Å². The molecule has 0 atom stereocenters. The maximum Gasteiger partial charge on any atom is 0.168 e. The van der Waals surface area contributed by atoms with Crippen LogP contribution in [0.5, 0.6) is 0 Å². The van der Waals surface area contributed by atoms with Crippen molar-refractivity contribution in [2.45, 2.75) is 13.3 Å². The molecule has 0 amide bonds. The summed E-state index contributed by atoms with van der Waals surface area (Å²) in [4.78, 5) is 12.9. The first kappa shape index (κ1) is 12.5. The average Bonchev–Trinajstić information content (AvgIpc) is 2.62. The van der Waals surface area contributed by atoms with E-state index in [2.05, 4.69) is 15.9 Å². The van der Waals surface area contributed by atoms with Crippen molar-refractivity contribution in [1.29, 1.82) is 0 Å². The zero-order valence-corrected chi connectivity index (χ0v) is 11.6. The molecule has 0 radical (unpaired) electrons. The molecule has 2 rings (SSSR count). The predicted octanol–water partition coefficient (Wildman–Crippen LogP) is 4.38. The summed E-state index contributed by atoms with van der Waals surface area (Å²) >= 11 is 4.87. The minimum atomic E-state index is -0.360. The van der Waals surface area contributed by atoms with E-state index in [9.17, 15) is 9.18 Å². The van der Waals surface area contributed by atoms with Gasteiger partial charge in [-0.15, -0.1) is 11.3 Å². The van der Waals surface area contributed by atoms with Gasteiger partial charge in [-0.25, -0.2) is 4.39 Å². The summed E-state index contributed by atoms with van der Waals surface area (Å²) in [7, 11) is 0. The van der Waals surface area contributed by atoms with Gasteiger partial charge in [0.15, 0.2) is 5.78 Å². The molecule has 0 unspecified atom stereocenters. The predicted molar refractivity (Wildman–Crippen MR) is 71.2 cm³/mol. The summed E-state index contributed by atoms with van der Waals surface area (Å²) in [6.45, 7) is 1.78. The number of Topliss-reactive ketones (excluding diaryl/α,β-unsaturated/α-hetero) is 1. The molecule has 88 valence electrons. The molecule has 0 aliphatic heterocycles. The van der Waals surface area contributed by atoms with Gasteiger partial charge < -0.3 is 0 Å². The molecule has 0 aliphatic rings. The number of rotatable bonds is 3. The first-order chi connectivity index (χ1) is 8.04. The van der Waals surface area contributed by atoms with Crippen LogP contribution in [-0.4, -0.2) is 5.78 Å². The third-order valence-electron chi connectivity index (χ3n) is 2.33. The fourth-order valence-corrected chi connectivity index (χ4v) is 3.09. The Morgan fingerprint density at radius 3 is 2.71 bits per heavy atom. The lowest BCUT2D eigenvalue weighted by Crippen LogP contribution is -2.03. The Kier molecular flexibility index (Phi) is 3.74. The summed E-state index contributed by atoms with van der Waals surface area (Å²) in [5.41, 5.74) is 1.20. The topological polar surface area (TPSA) is 17.1 Å². The minimum absolute atomic E-state index is 0.0537. The molecule has 0 spiro atoms. The molecule has 1 nitrogen and oxygen atoms in total. The lowest BCUT2D eigenvalue weighted by Gasteiger charge is -2.01. The van der Waals surface area contributed by atoms with Crippen LogP contribution in [0.25, 0.3) is 0 Å². The number of halogens is 2. The molecule has 1 heterocycles. The average molecular weight is 313 g/mol. The Labute approximate surface area is 111 Å². The number of thiophene rings is 1. The van der Waals surface area contributed by atoms with Gasteiger partial charge in [0, 0.05) is 16.9 Å². The van der Waals surface area contributed by atoms with E-state index in [4.69, 9.17) is 0 Å². The molecule has 0 bridgehead atoms. The molecule has 0 saturated heterocycles. The third kappa shape index (κ3) is 3.23. The van der Waals surface area contributed by atoms with Crippen LogP contribution in [0.1, 0.15) is 20.8 Å². The number of aryl methyl sites for hydroxylation is 1. The molecule has 0 fully saturated rings. The monoisotopic (exact) mass is 312 g/mol. The van der Waals surface area contributed by atoms with Crippen molar-refractivity contribution < 1.29 is 9.18 Å². The van der Waals surface area contributed by atoms with Gasteiger partial charge in [-0.3, -0.25) is 4.79 Å². The summed E-state index contributed by atoms with van der Waals surface area (Å²) in [6, 6.07) is 8.23. The summed E-state index contributed by atoms with van der Waals surface area (Å²) < 4.78 is 14.2. The fraction of sp³-hybridized carbons (Fsp3) is 0.154. The van der Waals surface area contributed by atoms with E-state index in [0.717, 1.165) is 14.2 Å². The van der Waals surface area contributed by atoms with Gasteiger partial charge in [0.2, 0.25) is 0 Å². The quantitative estimate of drug-likeness (QED) is 0.768. The van der Waals surface area contributed by atoms with Crippen molar-refractivity contribution in [2.75, 3.05) is 0 Å². The van der Waals surface area contributed by atoms with Crippen molar-refractivity contribution >= 4 is 33.0 Å². The van der Waals surface area contributed by atoms with E-state index in [-0.39, 0.29) is 11.6 Å². The van der Waals surface area contributed by atoms with Crippen LogP contribution >= 0.6 is 27.3 Å².